The van der Waals surface area contributed by atoms with E-state index in [1.165, 1.54) is 29.5 Å². The van der Waals surface area contributed by atoms with Crippen LogP contribution in [-0.2, 0) is 16.0 Å². The zero-order valence-corrected chi connectivity index (χ0v) is 13.6. The molecule has 0 aliphatic heterocycles. The first kappa shape index (κ1) is 17.2. The molecule has 0 unspecified atom stereocenters. The van der Waals surface area contributed by atoms with Gasteiger partial charge in [0.1, 0.15) is 5.82 Å². The summed E-state index contributed by atoms with van der Waals surface area (Å²) in [6.45, 7) is 1.95. The first-order chi connectivity index (χ1) is 11.0. The molecule has 0 aliphatic rings. The second-order valence-electron chi connectivity index (χ2n) is 4.34. The largest absolute Gasteiger partial charge is 0.450 e. The van der Waals surface area contributed by atoms with E-state index in [4.69, 9.17) is 16.3 Å². The molecule has 122 valence electrons. The summed E-state index contributed by atoms with van der Waals surface area (Å²) in [6.07, 6.45) is -0.588. The van der Waals surface area contributed by atoms with E-state index in [1.54, 1.807) is 12.3 Å². The van der Waals surface area contributed by atoms with Crippen molar-refractivity contribution in [1.82, 2.24) is 4.98 Å². The summed E-state index contributed by atoms with van der Waals surface area (Å²) in [5.74, 6) is -0.889. The number of rotatable bonds is 5. The minimum Gasteiger partial charge on any atom is -0.450 e. The lowest BCUT2D eigenvalue weighted by atomic mass is 10.2. The topological polar surface area (TPSA) is 80.3 Å². The van der Waals surface area contributed by atoms with E-state index in [0.29, 0.717) is 16.5 Å². The van der Waals surface area contributed by atoms with Gasteiger partial charge in [0.15, 0.2) is 5.13 Å². The first-order valence-corrected chi connectivity index (χ1v) is 7.86. The molecule has 0 fully saturated rings. The van der Waals surface area contributed by atoms with Gasteiger partial charge < -0.3 is 10.1 Å². The fourth-order valence-corrected chi connectivity index (χ4v) is 2.52. The van der Waals surface area contributed by atoms with Crippen LogP contribution in [0.2, 0.25) is 5.02 Å². The van der Waals surface area contributed by atoms with E-state index in [0.717, 1.165) is 0 Å². The maximum absolute atomic E-state index is 13.0. The fraction of sp³-hybridized carbons (Fsp3) is 0.214. The predicted molar refractivity (Wildman–Crippen MR) is 86.5 cm³/mol. The van der Waals surface area contributed by atoms with Crippen molar-refractivity contribution >= 4 is 45.8 Å². The number of hydrogen-bond donors (Lipinski definition) is 2. The number of anilines is 2. The highest BCUT2D eigenvalue weighted by Gasteiger charge is 2.11. The van der Waals surface area contributed by atoms with E-state index in [1.807, 2.05) is 0 Å². The fourth-order valence-electron chi connectivity index (χ4n) is 1.64. The monoisotopic (exact) mass is 357 g/mol. The van der Waals surface area contributed by atoms with Crippen molar-refractivity contribution in [1.29, 1.82) is 0 Å². The number of halogens is 2. The van der Waals surface area contributed by atoms with E-state index in [-0.39, 0.29) is 24.0 Å². The van der Waals surface area contributed by atoms with Crippen LogP contribution in [0.4, 0.5) is 20.0 Å². The Morgan fingerprint density at radius 2 is 2.17 bits per heavy atom. The Bertz CT molecular complexity index is 723. The van der Waals surface area contributed by atoms with Crippen molar-refractivity contribution in [2.75, 3.05) is 17.2 Å². The third kappa shape index (κ3) is 5.19. The third-order valence-corrected chi connectivity index (χ3v) is 3.68. The molecular weight excluding hydrogens is 345 g/mol. The lowest BCUT2D eigenvalue weighted by molar-refractivity contribution is -0.115. The molecule has 0 bridgehead atoms. The SMILES string of the molecule is CCOC(=O)Nc1nc(CC(=O)Nc2ccc(F)c(Cl)c2)cs1. The molecule has 6 nitrogen and oxygen atoms in total. The molecule has 1 aromatic heterocycles. The van der Waals surface area contributed by atoms with Gasteiger partial charge in [-0.2, -0.15) is 0 Å². The van der Waals surface area contributed by atoms with Crippen LogP contribution in [0.15, 0.2) is 23.6 Å². The Balaban J connectivity index is 1.91. The summed E-state index contributed by atoms with van der Waals surface area (Å²) in [5.41, 5.74) is 0.883. The molecule has 9 heteroatoms. The van der Waals surface area contributed by atoms with Crippen molar-refractivity contribution in [2.45, 2.75) is 13.3 Å². The van der Waals surface area contributed by atoms with E-state index >= 15 is 0 Å². The van der Waals surface area contributed by atoms with Gasteiger partial charge in [0, 0.05) is 11.1 Å². The highest BCUT2D eigenvalue weighted by molar-refractivity contribution is 7.13. The van der Waals surface area contributed by atoms with Gasteiger partial charge in [0.05, 0.1) is 23.7 Å². The molecule has 0 radical (unpaired) electrons. The van der Waals surface area contributed by atoms with Gasteiger partial charge in [0.2, 0.25) is 5.91 Å². The average molecular weight is 358 g/mol. The number of carbonyl (C=O) groups excluding carboxylic acids is 2. The van der Waals surface area contributed by atoms with Gasteiger partial charge in [-0.15, -0.1) is 11.3 Å². The van der Waals surface area contributed by atoms with Crippen LogP contribution < -0.4 is 10.6 Å². The van der Waals surface area contributed by atoms with E-state index < -0.39 is 11.9 Å². The summed E-state index contributed by atoms with van der Waals surface area (Å²) in [6, 6.07) is 3.90. The number of nitrogens with one attached hydrogen (secondary N) is 2. The summed E-state index contributed by atoms with van der Waals surface area (Å²) in [5, 5.41) is 6.97. The van der Waals surface area contributed by atoms with Crippen LogP contribution >= 0.6 is 22.9 Å². The van der Waals surface area contributed by atoms with Gasteiger partial charge in [0.25, 0.3) is 0 Å². The Hall–Kier alpha value is -2.19. The molecule has 0 atom stereocenters. The van der Waals surface area contributed by atoms with Crippen molar-refractivity contribution in [2.24, 2.45) is 0 Å². The summed E-state index contributed by atoms with van der Waals surface area (Å²) < 4.78 is 17.8. The molecule has 1 heterocycles. The molecule has 0 spiro atoms. The number of hydrogen-bond acceptors (Lipinski definition) is 5. The number of aromatic nitrogens is 1. The zero-order valence-electron chi connectivity index (χ0n) is 12.1. The van der Waals surface area contributed by atoms with Gasteiger partial charge in [-0.3, -0.25) is 10.1 Å². The Morgan fingerprint density at radius 1 is 1.39 bits per heavy atom. The number of nitrogens with zero attached hydrogens (tertiary/aromatic N) is 1. The minimum atomic E-state index is -0.598. The van der Waals surface area contributed by atoms with Crippen LogP contribution in [0.3, 0.4) is 0 Å². The molecule has 23 heavy (non-hydrogen) atoms. The number of carbonyl (C=O) groups is 2. The molecule has 2 N–H and O–H groups in total. The van der Waals surface area contributed by atoms with Gasteiger partial charge in [-0.25, -0.2) is 14.2 Å². The Kier molecular flexibility index (Phi) is 5.89. The summed E-state index contributed by atoms with van der Waals surface area (Å²) in [7, 11) is 0. The first-order valence-electron chi connectivity index (χ1n) is 6.61. The van der Waals surface area contributed by atoms with Crippen molar-refractivity contribution in [3.8, 4) is 0 Å². The average Bonchev–Trinajstić information content (AvgIpc) is 2.90. The summed E-state index contributed by atoms with van der Waals surface area (Å²) >= 11 is 6.83. The van der Waals surface area contributed by atoms with Crippen LogP contribution in [0.25, 0.3) is 0 Å². The normalized spacial score (nSPS) is 10.2. The number of thiazole rings is 1. The number of amides is 2. The second kappa shape index (κ2) is 7.89. The smallest absolute Gasteiger partial charge is 0.413 e. The molecule has 0 saturated carbocycles. The van der Waals surface area contributed by atoms with Gasteiger partial charge >= 0.3 is 6.09 Å². The quantitative estimate of drug-likeness (QED) is 0.855. The Labute approximate surface area is 140 Å². The maximum atomic E-state index is 13.0. The molecule has 2 rings (SSSR count). The highest BCUT2D eigenvalue weighted by Crippen LogP contribution is 2.20. The molecule has 0 aliphatic carbocycles. The molecule has 2 aromatic rings. The van der Waals surface area contributed by atoms with Crippen LogP contribution in [0.5, 0.6) is 0 Å². The zero-order chi connectivity index (χ0) is 16.8. The minimum absolute atomic E-state index is 0.00992. The molecular formula is C14H13ClFN3O3S. The van der Waals surface area contributed by atoms with Crippen molar-refractivity contribution in [3.05, 3.63) is 40.1 Å². The Morgan fingerprint density at radius 3 is 2.87 bits per heavy atom. The van der Waals surface area contributed by atoms with Gasteiger partial charge in [-0.05, 0) is 25.1 Å². The maximum Gasteiger partial charge on any atom is 0.413 e. The van der Waals surface area contributed by atoms with Crippen molar-refractivity contribution < 1.29 is 18.7 Å². The molecule has 1 aromatic carbocycles. The second-order valence-corrected chi connectivity index (χ2v) is 5.61. The molecule has 2 amide bonds. The lowest BCUT2D eigenvalue weighted by Gasteiger charge is -2.05. The van der Waals surface area contributed by atoms with Crippen LogP contribution in [-0.4, -0.2) is 23.6 Å². The van der Waals surface area contributed by atoms with Gasteiger partial charge in [-0.1, -0.05) is 11.6 Å². The third-order valence-electron chi connectivity index (χ3n) is 2.58. The van der Waals surface area contributed by atoms with Crippen LogP contribution in [0, 0.1) is 5.82 Å². The standard InChI is InChI=1S/C14H13ClFN3O3S/c1-2-22-14(21)19-13-18-9(7-23-13)6-12(20)17-8-3-4-11(16)10(15)5-8/h3-5,7H,2,6H2,1H3,(H,17,20)(H,18,19,21). The molecule has 0 saturated heterocycles. The predicted octanol–water partition coefficient (Wildman–Crippen LogP) is 3.69. The highest BCUT2D eigenvalue weighted by atomic mass is 35.5. The van der Waals surface area contributed by atoms with E-state index in [9.17, 15) is 14.0 Å². The van der Waals surface area contributed by atoms with Crippen molar-refractivity contribution in [3.63, 3.8) is 0 Å². The number of benzene rings is 1. The summed E-state index contributed by atoms with van der Waals surface area (Å²) in [4.78, 5) is 27.3. The van der Waals surface area contributed by atoms with E-state index in [2.05, 4.69) is 15.6 Å². The number of ether oxygens (including phenoxy) is 1. The van der Waals surface area contributed by atoms with Crippen LogP contribution in [0.1, 0.15) is 12.6 Å². The lowest BCUT2D eigenvalue weighted by Crippen LogP contribution is -2.15.